The number of nitrogens with one attached hydrogen (secondary N) is 1. The third-order valence-electron chi connectivity index (χ3n) is 5.58. The van der Waals surface area contributed by atoms with Crippen LogP contribution < -0.4 is 9.62 Å². The van der Waals surface area contributed by atoms with Gasteiger partial charge in [0.25, 0.3) is 15.9 Å². The summed E-state index contributed by atoms with van der Waals surface area (Å²) in [6.07, 6.45) is 0. The van der Waals surface area contributed by atoms with Crippen molar-refractivity contribution < 1.29 is 13.2 Å². The zero-order chi connectivity index (χ0) is 24.8. The van der Waals surface area contributed by atoms with Crippen molar-refractivity contribution in [2.75, 3.05) is 16.7 Å². The molecule has 0 unspecified atom stereocenters. The number of carbonyl (C=O) groups excluding carboxylic acids is 1. The Balaban J connectivity index is 1.41. The van der Waals surface area contributed by atoms with Gasteiger partial charge in [-0.2, -0.15) is 0 Å². The molecule has 0 aliphatic heterocycles. The smallest absolute Gasteiger partial charge is 0.264 e. The van der Waals surface area contributed by atoms with E-state index in [1.165, 1.54) is 21.8 Å². The number of nitrogens with zero attached hydrogens (tertiary/aromatic N) is 1. The number of hydrogen-bond donors (Lipinski definition) is 1. The third-order valence-corrected chi connectivity index (χ3v) is 8.47. The van der Waals surface area contributed by atoms with Gasteiger partial charge in [0.15, 0.2) is 0 Å². The molecule has 0 bridgehead atoms. The number of anilines is 2. The highest BCUT2D eigenvalue weighted by atomic mass is 32.2. The molecule has 0 saturated carbocycles. The normalized spacial score (nSPS) is 11.1. The summed E-state index contributed by atoms with van der Waals surface area (Å²) in [6, 6.07) is 31.0. The molecule has 7 heteroatoms. The molecule has 0 heterocycles. The van der Waals surface area contributed by atoms with Crippen LogP contribution in [0.2, 0.25) is 0 Å². The molecule has 4 aromatic rings. The Hall–Kier alpha value is -3.55. The molecule has 0 aromatic heterocycles. The monoisotopic (exact) mass is 502 g/mol. The molecular formula is C28H26N2O3S2. The molecule has 0 spiro atoms. The van der Waals surface area contributed by atoms with Crippen molar-refractivity contribution in [2.24, 2.45) is 0 Å². The lowest BCUT2D eigenvalue weighted by molar-refractivity contribution is 0.102. The Morgan fingerprint density at radius 2 is 1.49 bits per heavy atom. The second kappa shape index (κ2) is 10.8. The molecule has 0 aliphatic rings. The molecule has 1 N–H and O–H groups in total. The molecule has 0 radical (unpaired) electrons. The van der Waals surface area contributed by atoms with E-state index in [9.17, 15) is 13.2 Å². The van der Waals surface area contributed by atoms with E-state index in [1.807, 2.05) is 37.3 Å². The largest absolute Gasteiger partial charge is 0.322 e. The first-order valence-corrected chi connectivity index (χ1v) is 13.5. The van der Waals surface area contributed by atoms with Gasteiger partial charge in [0.2, 0.25) is 0 Å². The van der Waals surface area contributed by atoms with Gasteiger partial charge in [-0.1, -0.05) is 48.5 Å². The minimum atomic E-state index is -3.67. The predicted molar refractivity (Wildman–Crippen MR) is 144 cm³/mol. The fourth-order valence-electron chi connectivity index (χ4n) is 3.55. The molecule has 4 aromatic carbocycles. The second-order valence-corrected chi connectivity index (χ2v) is 11.1. The van der Waals surface area contributed by atoms with Gasteiger partial charge in [-0.15, -0.1) is 11.8 Å². The van der Waals surface area contributed by atoms with E-state index in [4.69, 9.17) is 0 Å². The van der Waals surface area contributed by atoms with Crippen molar-refractivity contribution in [1.29, 1.82) is 0 Å². The van der Waals surface area contributed by atoms with Gasteiger partial charge in [-0.25, -0.2) is 8.42 Å². The minimum absolute atomic E-state index is 0.213. The van der Waals surface area contributed by atoms with Crippen LogP contribution in [-0.4, -0.2) is 21.4 Å². The van der Waals surface area contributed by atoms with Crippen LogP contribution in [0.1, 0.15) is 21.5 Å². The molecule has 1 amide bonds. The maximum absolute atomic E-state index is 12.8. The SMILES string of the molecule is Cc1cc(CSc2ccccc2)ccc1NC(=O)c1ccc(N(C)S(=O)(=O)c2ccccc2)cc1. The van der Waals surface area contributed by atoms with Crippen LogP contribution in [0.4, 0.5) is 11.4 Å². The van der Waals surface area contributed by atoms with Crippen molar-refractivity contribution in [1.82, 2.24) is 0 Å². The van der Waals surface area contributed by atoms with Crippen LogP contribution >= 0.6 is 11.8 Å². The van der Waals surface area contributed by atoms with Gasteiger partial charge in [0.05, 0.1) is 10.6 Å². The van der Waals surface area contributed by atoms with Crippen LogP contribution in [0.5, 0.6) is 0 Å². The molecule has 0 aliphatic carbocycles. The van der Waals surface area contributed by atoms with Gasteiger partial charge in [0, 0.05) is 28.9 Å². The van der Waals surface area contributed by atoms with Crippen molar-refractivity contribution >= 4 is 39.1 Å². The van der Waals surface area contributed by atoms with E-state index in [1.54, 1.807) is 66.4 Å². The number of sulfonamides is 1. The van der Waals surface area contributed by atoms with E-state index in [0.29, 0.717) is 11.3 Å². The zero-order valence-electron chi connectivity index (χ0n) is 19.5. The summed E-state index contributed by atoms with van der Waals surface area (Å²) in [5.41, 5.74) is 3.83. The zero-order valence-corrected chi connectivity index (χ0v) is 21.1. The minimum Gasteiger partial charge on any atom is -0.322 e. The molecule has 0 atom stereocenters. The maximum atomic E-state index is 12.8. The van der Waals surface area contributed by atoms with E-state index >= 15 is 0 Å². The van der Waals surface area contributed by atoms with Gasteiger partial charge in [0.1, 0.15) is 0 Å². The summed E-state index contributed by atoms with van der Waals surface area (Å²) < 4.78 is 26.9. The number of hydrogen-bond acceptors (Lipinski definition) is 4. The van der Waals surface area contributed by atoms with Crippen LogP contribution in [0, 0.1) is 6.92 Å². The summed E-state index contributed by atoms with van der Waals surface area (Å²) in [7, 11) is -2.18. The molecule has 35 heavy (non-hydrogen) atoms. The lowest BCUT2D eigenvalue weighted by atomic mass is 10.1. The standard InChI is InChI=1S/C28H26N2O3S2/c1-21-19-22(20-34-25-9-5-3-6-10-25)13-18-27(21)29-28(31)23-14-16-24(17-15-23)30(2)35(32,33)26-11-7-4-8-12-26/h3-19H,20H2,1-2H3,(H,29,31). The lowest BCUT2D eigenvalue weighted by Crippen LogP contribution is -2.26. The Morgan fingerprint density at radius 1 is 0.857 bits per heavy atom. The Morgan fingerprint density at radius 3 is 2.11 bits per heavy atom. The van der Waals surface area contributed by atoms with Crippen molar-refractivity contribution in [3.8, 4) is 0 Å². The van der Waals surface area contributed by atoms with Crippen LogP contribution in [0.25, 0.3) is 0 Å². The van der Waals surface area contributed by atoms with Crippen LogP contribution in [0.3, 0.4) is 0 Å². The number of thioether (sulfide) groups is 1. The fourth-order valence-corrected chi connectivity index (χ4v) is 5.62. The maximum Gasteiger partial charge on any atom is 0.264 e. The van der Waals surface area contributed by atoms with Gasteiger partial charge < -0.3 is 5.32 Å². The van der Waals surface area contributed by atoms with Crippen molar-refractivity contribution in [3.63, 3.8) is 0 Å². The molecule has 0 fully saturated rings. The van der Waals surface area contributed by atoms with Crippen molar-refractivity contribution in [3.05, 3.63) is 120 Å². The topological polar surface area (TPSA) is 66.5 Å². The number of amides is 1. The highest BCUT2D eigenvalue weighted by Gasteiger charge is 2.21. The molecule has 0 saturated heterocycles. The summed E-state index contributed by atoms with van der Waals surface area (Å²) in [5.74, 6) is 0.597. The Labute approximate surface area is 210 Å². The summed E-state index contributed by atoms with van der Waals surface area (Å²) in [5, 5.41) is 2.95. The first-order chi connectivity index (χ1) is 16.8. The van der Waals surface area contributed by atoms with E-state index in [0.717, 1.165) is 17.0 Å². The van der Waals surface area contributed by atoms with Gasteiger partial charge in [-0.05, 0) is 72.6 Å². The molecule has 4 rings (SSSR count). The van der Waals surface area contributed by atoms with E-state index < -0.39 is 10.0 Å². The number of carbonyl (C=O) groups is 1. The van der Waals surface area contributed by atoms with Gasteiger partial charge in [-0.3, -0.25) is 9.10 Å². The predicted octanol–water partition coefficient (Wildman–Crippen LogP) is 6.36. The number of aryl methyl sites for hydroxylation is 1. The Bertz CT molecular complexity index is 1410. The Kier molecular flexibility index (Phi) is 7.58. The summed E-state index contributed by atoms with van der Waals surface area (Å²) in [6.45, 7) is 1.97. The highest BCUT2D eigenvalue weighted by Crippen LogP contribution is 2.26. The first-order valence-electron chi connectivity index (χ1n) is 11.1. The summed E-state index contributed by atoms with van der Waals surface area (Å²) in [4.78, 5) is 14.2. The molecule has 5 nitrogen and oxygen atoms in total. The average Bonchev–Trinajstić information content (AvgIpc) is 2.89. The highest BCUT2D eigenvalue weighted by molar-refractivity contribution is 7.98. The van der Waals surface area contributed by atoms with E-state index in [2.05, 4.69) is 23.5 Å². The molecular weight excluding hydrogens is 476 g/mol. The fraction of sp³-hybridized carbons (Fsp3) is 0.107. The number of benzene rings is 4. The average molecular weight is 503 g/mol. The quantitative estimate of drug-likeness (QED) is 0.285. The lowest BCUT2D eigenvalue weighted by Gasteiger charge is -2.19. The molecule has 178 valence electrons. The number of rotatable bonds is 8. The van der Waals surface area contributed by atoms with Crippen LogP contribution in [-0.2, 0) is 15.8 Å². The van der Waals surface area contributed by atoms with Crippen LogP contribution in [0.15, 0.2) is 113 Å². The van der Waals surface area contributed by atoms with Crippen molar-refractivity contribution in [2.45, 2.75) is 22.5 Å². The third kappa shape index (κ3) is 5.93. The first kappa shape index (κ1) is 24.6. The van der Waals surface area contributed by atoms with Gasteiger partial charge >= 0.3 is 0 Å². The second-order valence-electron chi connectivity index (χ2n) is 8.04. The summed E-state index contributed by atoms with van der Waals surface area (Å²) >= 11 is 1.77. The van der Waals surface area contributed by atoms with E-state index in [-0.39, 0.29) is 10.8 Å².